The van der Waals surface area contributed by atoms with Gasteiger partial charge in [0, 0.05) is 17.1 Å². The Morgan fingerprint density at radius 2 is 1.57 bits per heavy atom. The number of hydrogen-bond acceptors (Lipinski definition) is 2. The number of amides is 1. The number of halogens is 1. The Labute approximate surface area is 181 Å². The summed E-state index contributed by atoms with van der Waals surface area (Å²) in [6, 6.07) is 27.2. The smallest absolute Gasteiger partial charge is 0.255 e. The number of benzene rings is 3. The molecular weight excluding hydrogens is 394 g/mol. The van der Waals surface area contributed by atoms with E-state index < -0.39 is 0 Å². The molecule has 0 saturated carbocycles. The molecule has 4 aromatic rings. The molecule has 1 aromatic heterocycles. The van der Waals surface area contributed by atoms with Gasteiger partial charge in [0.15, 0.2) is 0 Å². The summed E-state index contributed by atoms with van der Waals surface area (Å²) in [5.74, 6) is -0.159. The van der Waals surface area contributed by atoms with E-state index in [9.17, 15) is 4.79 Å². The Hall–Kier alpha value is -3.37. The third-order valence-corrected chi connectivity index (χ3v) is 5.36. The topological polar surface area (TPSA) is 46.9 Å². The van der Waals surface area contributed by atoms with Crippen molar-refractivity contribution in [2.24, 2.45) is 0 Å². The van der Waals surface area contributed by atoms with Gasteiger partial charge in [0.1, 0.15) is 5.69 Å². The molecule has 1 N–H and O–H groups in total. The van der Waals surface area contributed by atoms with Gasteiger partial charge in [-0.05, 0) is 30.2 Å². The van der Waals surface area contributed by atoms with E-state index >= 15 is 0 Å². The summed E-state index contributed by atoms with van der Waals surface area (Å²) in [5.41, 5.74) is 4.85. The average Bonchev–Trinajstić information content (AvgIpc) is 3.19. The van der Waals surface area contributed by atoms with Crippen LogP contribution >= 0.6 is 11.6 Å². The predicted molar refractivity (Wildman–Crippen MR) is 121 cm³/mol. The Morgan fingerprint density at radius 1 is 0.933 bits per heavy atom. The Kier molecular flexibility index (Phi) is 5.96. The molecule has 0 aliphatic carbocycles. The predicted octanol–water partition coefficient (Wildman–Crippen LogP) is 5.69. The standard InChI is InChI=1S/C25H22ClN3O/c1-2-22-23(25(30)27-17-19-13-9-10-16-21(19)26)24(18-11-5-3-6-12-18)28-29(22)20-14-7-4-8-15-20/h3-16H,2,17H2,1H3,(H,27,30). The molecule has 1 amide bonds. The molecule has 0 spiro atoms. The molecule has 0 saturated heterocycles. The van der Waals surface area contributed by atoms with E-state index in [2.05, 4.69) is 5.32 Å². The summed E-state index contributed by atoms with van der Waals surface area (Å²) in [6.07, 6.45) is 0.670. The number of carbonyl (C=O) groups is 1. The van der Waals surface area contributed by atoms with Crippen molar-refractivity contribution >= 4 is 17.5 Å². The lowest BCUT2D eigenvalue weighted by Gasteiger charge is -2.10. The van der Waals surface area contributed by atoms with Crippen LogP contribution < -0.4 is 5.32 Å². The van der Waals surface area contributed by atoms with Crippen molar-refractivity contribution in [3.63, 3.8) is 0 Å². The Balaban J connectivity index is 1.77. The minimum Gasteiger partial charge on any atom is -0.348 e. The number of rotatable bonds is 6. The van der Waals surface area contributed by atoms with Crippen LogP contribution in [0.3, 0.4) is 0 Å². The van der Waals surface area contributed by atoms with E-state index in [-0.39, 0.29) is 5.91 Å². The zero-order valence-electron chi connectivity index (χ0n) is 16.7. The minimum absolute atomic E-state index is 0.159. The molecule has 4 nitrogen and oxygen atoms in total. The molecule has 0 bridgehead atoms. The first-order chi connectivity index (χ1) is 14.7. The minimum atomic E-state index is -0.159. The molecule has 0 aliphatic heterocycles. The number of aromatic nitrogens is 2. The number of nitrogens with zero attached hydrogens (tertiary/aromatic N) is 2. The first-order valence-corrected chi connectivity index (χ1v) is 10.3. The highest BCUT2D eigenvalue weighted by molar-refractivity contribution is 6.31. The number of carbonyl (C=O) groups excluding carboxylic acids is 1. The lowest BCUT2D eigenvalue weighted by molar-refractivity contribution is 0.0950. The van der Waals surface area contributed by atoms with Gasteiger partial charge in [-0.1, -0.05) is 85.3 Å². The van der Waals surface area contributed by atoms with Crippen LogP contribution in [-0.2, 0) is 13.0 Å². The van der Waals surface area contributed by atoms with Crippen molar-refractivity contribution in [3.8, 4) is 16.9 Å². The Morgan fingerprint density at radius 3 is 2.23 bits per heavy atom. The number of para-hydroxylation sites is 1. The van der Waals surface area contributed by atoms with Gasteiger partial charge >= 0.3 is 0 Å². The van der Waals surface area contributed by atoms with Gasteiger partial charge in [-0.2, -0.15) is 5.10 Å². The SMILES string of the molecule is CCc1c(C(=O)NCc2ccccc2Cl)c(-c2ccccc2)nn1-c1ccccc1. The fourth-order valence-electron chi connectivity index (χ4n) is 3.50. The molecule has 0 atom stereocenters. The fourth-order valence-corrected chi connectivity index (χ4v) is 3.71. The molecule has 30 heavy (non-hydrogen) atoms. The van der Waals surface area contributed by atoms with E-state index in [0.29, 0.717) is 29.2 Å². The van der Waals surface area contributed by atoms with Gasteiger partial charge in [0.05, 0.1) is 16.9 Å². The number of nitrogens with one attached hydrogen (secondary N) is 1. The highest BCUT2D eigenvalue weighted by atomic mass is 35.5. The fraction of sp³-hybridized carbons (Fsp3) is 0.120. The van der Waals surface area contributed by atoms with Crippen molar-refractivity contribution in [1.29, 1.82) is 0 Å². The maximum absolute atomic E-state index is 13.3. The second kappa shape index (κ2) is 8.97. The second-order valence-corrected chi connectivity index (χ2v) is 7.32. The van der Waals surface area contributed by atoms with Gasteiger partial charge in [-0.3, -0.25) is 4.79 Å². The van der Waals surface area contributed by atoms with Crippen LogP contribution in [0.5, 0.6) is 0 Å². The van der Waals surface area contributed by atoms with E-state index in [4.69, 9.17) is 16.7 Å². The van der Waals surface area contributed by atoms with E-state index in [1.807, 2.05) is 96.5 Å². The van der Waals surface area contributed by atoms with Gasteiger partial charge in [-0.15, -0.1) is 0 Å². The van der Waals surface area contributed by atoms with E-state index in [1.54, 1.807) is 0 Å². The van der Waals surface area contributed by atoms with Crippen LogP contribution in [0.1, 0.15) is 28.5 Å². The molecule has 0 aliphatic rings. The van der Waals surface area contributed by atoms with Crippen LogP contribution in [0.2, 0.25) is 5.02 Å². The van der Waals surface area contributed by atoms with Gasteiger partial charge < -0.3 is 5.32 Å². The summed E-state index contributed by atoms with van der Waals surface area (Å²) in [4.78, 5) is 13.3. The van der Waals surface area contributed by atoms with E-state index in [1.165, 1.54) is 0 Å². The van der Waals surface area contributed by atoms with Crippen molar-refractivity contribution in [2.45, 2.75) is 19.9 Å². The van der Waals surface area contributed by atoms with Gasteiger partial charge in [-0.25, -0.2) is 4.68 Å². The van der Waals surface area contributed by atoms with Crippen LogP contribution in [-0.4, -0.2) is 15.7 Å². The zero-order chi connectivity index (χ0) is 20.9. The van der Waals surface area contributed by atoms with Crippen LogP contribution in [0, 0.1) is 0 Å². The average molecular weight is 416 g/mol. The maximum Gasteiger partial charge on any atom is 0.255 e. The Bertz CT molecular complexity index is 1150. The molecule has 0 unspecified atom stereocenters. The molecule has 5 heteroatoms. The van der Waals surface area contributed by atoms with Crippen molar-refractivity contribution in [2.75, 3.05) is 0 Å². The van der Waals surface area contributed by atoms with Crippen molar-refractivity contribution in [1.82, 2.24) is 15.1 Å². The molecule has 0 fully saturated rings. The summed E-state index contributed by atoms with van der Waals surface area (Å²) < 4.78 is 1.87. The van der Waals surface area contributed by atoms with Gasteiger partial charge in [0.25, 0.3) is 5.91 Å². The molecule has 3 aromatic carbocycles. The molecule has 1 heterocycles. The molecular formula is C25H22ClN3O. The monoisotopic (exact) mass is 415 g/mol. The number of hydrogen-bond donors (Lipinski definition) is 1. The largest absolute Gasteiger partial charge is 0.348 e. The zero-order valence-corrected chi connectivity index (χ0v) is 17.4. The maximum atomic E-state index is 13.3. The lowest BCUT2D eigenvalue weighted by Crippen LogP contribution is -2.24. The first kappa shape index (κ1) is 19.9. The summed E-state index contributed by atoms with van der Waals surface area (Å²) in [6.45, 7) is 2.39. The third kappa shape index (κ3) is 4.00. The van der Waals surface area contributed by atoms with Crippen molar-refractivity contribution in [3.05, 3.63) is 107 Å². The van der Waals surface area contributed by atoms with Crippen molar-refractivity contribution < 1.29 is 4.79 Å². The summed E-state index contributed by atoms with van der Waals surface area (Å²) in [7, 11) is 0. The summed E-state index contributed by atoms with van der Waals surface area (Å²) in [5, 5.41) is 8.51. The highest BCUT2D eigenvalue weighted by Gasteiger charge is 2.24. The quantitative estimate of drug-likeness (QED) is 0.440. The van der Waals surface area contributed by atoms with Crippen LogP contribution in [0.25, 0.3) is 16.9 Å². The van der Waals surface area contributed by atoms with Crippen LogP contribution in [0.4, 0.5) is 0 Å². The van der Waals surface area contributed by atoms with Gasteiger partial charge in [0.2, 0.25) is 0 Å². The lowest BCUT2D eigenvalue weighted by atomic mass is 10.0. The van der Waals surface area contributed by atoms with Crippen LogP contribution in [0.15, 0.2) is 84.9 Å². The first-order valence-electron chi connectivity index (χ1n) is 9.93. The molecule has 150 valence electrons. The normalized spacial score (nSPS) is 10.7. The summed E-state index contributed by atoms with van der Waals surface area (Å²) >= 11 is 6.26. The molecule has 0 radical (unpaired) electrons. The highest BCUT2D eigenvalue weighted by Crippen LogP contribution is 2.28. The molecule has 4 rings (SSSR count). The third-order valence-electron chi connectivity index (χ3n) is 4.99. The second-order valence-electron chi connectivity index (χ2n) is 6.91. The van der Waals surface area contributed by atoms with E-state index in [0.717, 1.165) is 22.5 Å².